The van der Waals surface area contributed by atoms with Gasteiger partial charge in [-0.15, -0.1) is 0 Å². The van der Waals surface area contributed by atoms with Gasteiger partial charge in [0.2, 0.25) is 0 Å². The van der Waals surface area contributed by atoms with Crippen LogP contribution in [0.25, 0.3) is 0 Å². The number of alkyl halides is 6. The van der Waals surface area contributed by atoms with E-state index in [2.05, 4.69) is 0 Å². The fourth-order valence-corrected chi connectivity index (χ4v) is 1.67. The molecule has 1 aromatic carbocycles. The molecule has 0 radical (unpaired) electrons. The molecule has 0 aromatic heterocycles. The lowest BCUT2D eigenvalue weighted by molar-refractivity contribution is -0.143. The Morgan fingerprint density at radius 3 is 2.10 bits per heavy atom. The quantitative estimate of drug-likeness (QED) is 0.558. The molecule has 0 bridgehead atoms. The van der Waals surface area contributed by atoms with Crippen molar-refractivity contribution in [1.29, 1.82) is 0 Å². The second-order valence-electron chi connectivity index (χ2n) is 4.28. The molecule has 0 amide bonds. The number of hydrogen-bond donors (Lipinski definition) is 0. The highest BCUT2D eigenvalue weighted by atomic mass is 19.4. The van der Waals surface area contributed by atoms with Gasteiger partial charge < -0.3 is 0 Å². The lowest BCUT2D eigenvalue weighted by Crippen LogP contribution is -2.16. The van der Waals surface area contributed by atoms with E-state index in [0.29, 0.717) is 25.0 Å². The summed E-state index contributed by atoms with van der Waals surface area (Å²) >= 11 is 0. The third-order valence-electron chi connectivity index (χ3n) is 2.71. The van der Waals surface area contributed by atoms with Gasteiger partial charge in [-0.2, -0.15) is 26.3 Å². The molecule has 0 spiro atoms. The molecule has 1 aromatic rings. The van der Waals surface area contributed by atoms with Gasteiger partial charge in [0.25, 0.3) is 0 Å². The zero-order valence-electron chi connectivity index (χ0n) is 10.5. The fraction of sp³-hybridized carbons (Fsp3) is 0.462. The molecular formula is C13H12F6O. The first kappa shape index (κ1) is 16.5. The first-order valence-corrected chi connectivity index (χ1v) is 5.89. The van der Waals surface area contributed by atoms with Crippen LogP contribution in [0.2, 0.25) is 0 Å². The van der Waals surface area contributed by atoms with Gasteiger partial charge >= 0.3 is 12.4 Å². The molecule has 0 N–H and O–H groups in total. The third-order valence-corrected chi connectivity index (χ3v) is 2.71. The average Bonchev–Trinajstić information content (AvgIpc) is 2.33. The van der Waals surface area contributed by atoms with Crippen LogP contribution in [-0.2, 0) is 12.4 Å². The maximum absolute atomic E-state index is 12.8. The second kappa shape index (κ2) is 5.85. The van der Waals surface area contributed by atoms with E-state index < -0.39 is 34.8 Å². The van der Waals surface area contributed by atoms with E-state index in [1.165, 1.54) is 0 Å². The van der Waals surface area contributed by atoms with Gasteiger partial charge in [0.05, 0.1) is 11.1 Å². The summed E-state index contributed by atoms with van der Waals surface area (Å²) in [6.07, 6.45) is -9.01. The summed E-state index contributed by atoms with van der Waals surface area (Å²) in [4.78, 5) is 11.7. The Morgan fingerprint density at radius 2 is 1.65 bits per heavy atom. The fourth-order valence-electron chi connectivity index (χ4n) is 1.67. The summed E-state index contributed by atoms with van der Waals surface area (Å²) in [5.41, 5.74) is -3.66. The number of ketones is 1. The van der Waals surface area contributed by atoms with Crippen LogP contribution in [0, 0.1) is 0 Å². The summed E-state index contributed by atoms with van der Waals surface area (Å²) in [6.45, 7) is 1.75. The van der Waals surface area contributed by atoms with Crippen molar-refractivity contribution in [3.8, 4) is 0 Å². The van der Waals surface area contributed by atoms with Crippen molar-refractivity contribution in [3.63, 3.8) is 0 Å². The Balaban J connectivity index is 3.28. The zero-order valence-corrected chi connectivity index (χ0v) is 10.5. The summed E-state index contributed by atoms with van der Waals surface area (Å²) < 4.78 is 75.7. The standard InChI is InChI=1S/C13H12F6O/c1-2-3-4-11(20)9-6-5-8(12(14,15)16)7-10(9)13(17,18)19/h5-7H,2-4H2,1H3. The molecule has 0 atom stereocenters. The van der Waals surface area contributed by atoms with Crippen LogP contribution in [0.3, 0.4) is 0 Å². The Morgan fingerprint density at radius 1 is 1.05 bits per heavy atom. The number of carbonyl (C=O) groups excluding carboxylic acids is 1. The van der Waals surface area contributed by atoms with Crippen molar-refractivity contribution in [3.05, 3.63) is 34.9 Å². The molecule has 0 aliphatic carbocycles. The monoisotopic (exact) mass is 298 g/mol. The number of hydrogen-bond acceptors (Lipinski definition) is 1. The molecule has 0 saturated carbocycles. The van der Waals surface area contributed by atoms with Crippen LogP contribution in [0.5, 0.6) is 0 Å². The lowest BCUT2D eigenvalue weighted by Gasteiger charge is -2.15. The van der Waals surface area contributed by atoms with Gasteiger partial charge in [0.1, 0.15) is 0 Å². The summed E-state index contributed by atoms with van der Waals surface area (Å²) in [7, 11) is 0. The van der Waals surface area contributed by atoms with Crippen LogP contribution in [0.1, 0.15) is 47.7 Å². The summed E-state index contributed by atoms with van der Waals surface area (Å²) in [5, 5.41) is 0. The Kier molecular flexibility index (Phi) is 4.83. The predicted molar refractivity (Wildman–Crippen MR) is 60.3 cm³/mol. The Labute approximate surface area is 111 Å². The molecule has 1 rings (SSSR count). The van der Waals surface area contributed by atoms with Gasteiger partial charge in [-0.3, -0.25) is 4.79 Å². The van der Waals surface area contributed by atoms with E-state index in [-0.39, 0.29) is 12.5 Å². The molecule has 112 valence electrons. The highest BCUT2D eigenvalue weighted by Gasteiger charge is 2.39. The minimum atomic E-state index is -5.00. The SMILES string of the molecule is CCCCC(=O)c1ccc(C(F)(F)F)cc1C(F)(F)F. The average molecular weight is 298 g/mol. The smallest absolute Gasteiger partial charge is 0.294 e. The van der Waals surface area contributed by atoms with E-state index in [4.69, 9.17) is 0 Å². The Bertz CT molecular complexity index is 487. The maximum Gasteiger partial charge on any atom is 0.417 e. The van der Waals surface area contributed by atoms with Crippen molar-refractivity contribution in [2.75, 3.05) is 0 Å². The van der Waals surface area contributed by atoms with Crippen LogP contribution in [-0.4, -0.2) is 5.78 Å². The van der Waals surface area contributed by atoms with Gasteiger partial charge in [-0.25, -0.2) is 0 Å². The van der Waals surface area contributed by atoms with E-state index in [9.17, 15) is 31.1 Å². The first-order chi connectivity index (χ1) is 9.07. The van der Waals surface area contributed by atoms with Gasteiger partial charge in [-0.1, -0.05) is 19.4 Å². The van der Waals surface area contributed by atoms with Crippen LogP contribution in [0.15, 0.2) is 18.2 Å². The minimum Gasteiger partial charge on any atom is -0.294 e. The molecular weight excluding hydrogens is 286 g/mol. The highest BCUT2D eigenvalue weighted by Crippen LogP contribution is 2.37. The largest absolute Gasteiger partial charge is 0.417 e. The summed E-state index contributed by atoms with van der Waals surface area (Å²) in [6, 6.07) is 1.08. The van der Waals surface area contributed by atoms with Gasteiger partial charge in [0.15, 0.2) is 5.78 Å². The molecule has 0 heterocycles. The third kappa shape index (κ3) is 3.98. The molecule has 20 heavy (non-hydrogen) atoms. The minimum absolute atomic E-state index is 0.0147. The maximum atomic E-state index is 12.8. The van der Waals surface area contributed by atoms with Gasteiger partial charge in [0, 0.05) is 12.0 Å². The van der Waals surface area contributed by atoms with Crippen LogP contribution < -0.4 is 0 Å². The number of halogens is 6. The molecule has 1 nitrogen and oxygen atoms in total. The number of rotatable bonds is 4. The molecule has 0 fully saturated rings. The van der Waals surface area contributed by atoms with Crippen molar-refractivity contribution in [2.45, 2.75) is 38.5 Å². The van der Waals surface area contributed by atoms with E-state index in [1.54, 1.807) is 6.92 Å². The lowest BCUT2D eigenvalue weighted by atomic mass is 9.97. The van der Waals surface area contributed by atoms with Crippen LogP contribution in [0.4, 0.5) is 26.3 Å². The number of Topliss-reactive ketones (excluding diaryl/α,β-unsaturated/α-hetero) is 1. The van der Waals surface area contributed by atoms with Crippen molar-refractivity contribution in [2.24, 2.45) is 0 Å². The Hall–Kier alpha value is -1.53. The normalized spacial score (nSPS) is 12.6. The number of carbonyl (C=O) groups is 1. The van der Waals surface area contributed by atoms with Crippen molar-refractivity contribution in [1.82, 2.24) is 0 Å². The predicted octanol–water partition coefficient (Wildman–Crippen LogP) is 5.10. The first-order valence-electron chi connectivity index (χ1n) is 5.89. The van der Waals surface area contributed by atoms with E-state index in [0.717, 1.165) is 0 Å². The highest BCUT2D eigenvalue weighted by molar-refractivity contribution is 5.97. The number of unbranched alkanes of at least 4 members (excludes halogenated alkanes) is 1. The van der Waals surface area contributed by atoms with Crippen LogP contribution >= 0.6 is 0 Å². The second-order valence-corrected chi connectivity index (χ2v) is 4.28. The molecule has 7 heteroatoms. The molecule has 0 saturated heterocycles. The van der Waals surface area contributed by atoms with E-state index >= 15 is 0 Å². The molecule has 0 aliphatic rings. The van der Waals surface area contributed by atoms with E-state index in [1.807, 2.05) is 0 Å². The van der Waals surface area contributed by atoms with Crippen molar-refractivity contribution >= 4 is 5.78 Å². The molecule has 0 aliphatic heterocycles. The zero-order chi connectivity index (χ0) is 15.6. The van der Waals surface area contributed by atoms with Crippen molar-refractivity contribution < 1.29 is 31.1 Å². The van der Waals surface area contributed by atoms with Gasteiger partial charge in [-0.05, 0) is 18.6 Å². The topological polar surface area (TPSA) is 17.1 Å². The summed E-state index contributed by atoms with van der Waals surface area (Å²) in [5.74, 6) is -0.798. The number of benzene rings is 1. The molecule has 0 unspecified atom stereocenters.